The summed E-state index contributed by atoms with van der Waals surface area (Å²) < 4.78 is 10.7. The van der Waals surface area contributed by atoms with Gasteiger partial charge in [-0.25, -0.2) is 4.79 Å². The van der Waals surface area contributed by atoms with Gasteiger partial charge in [0.05, 0.1) is 12.1 Å². The van der Waals surface area contributed by atoms with Crippen molar-refractivity contribution in [3.05, 3.63) is 34.2 Å². The highest BCUT2D eigenvalue weighted by Gasteiger charge is 2.30. The topological polar surface area (TPSA) is 72.9 Å². The number of carbonyl (C=O) groups is 3. The number of nitrogens with zero attached hydrogens (tertiary/aromatic N) is 1. The van der Waals surface area contributed by atoms with E-state index >= 15 is 0 Å². The monoisotopic (exact) mass is 413 g/mol. The van der Waals surface area contributed by atoms with Crippen LogP contribution in [0.15, 0.2) is 24.3 Å². The molecule has 1 fully saturated rings. The Balaban J connectivity index is 1.61. The van der Waals surface area contributed by atoms with E-state index in [1.54, 1.807) is 0 Å². The van der Waals surface area contributed by atoms with Crippen LogP contribution in [0.25, 0.3) is 10.1 Å². The molecule has 1 aliphatic heterocycles. The standard InChI is InChI=1S/C17H16ClNO5S2/c1-23-16(21)12-8-19(6-7-25-12)13(20)9-24-17(22)15-14(18)10-4-2-3-5-11(10)26-15/h2-5,12H,6-9H2,1H3/t12-/m0/s1. The third kappa shape index (κ3) is 3.97. The Morgan fingerprint density at radius 3 is 2.81 bits per heavy atom. The summed E-state index contributed by atoms with van der Waals surface area (Å²) in [5, 5.41) is 0.708. The second-order valence-corrected chi connectivity index (χ2v) is 8.28. The van der Waals surface area contributed by atoms with Gasteiger partial charge in [0, 0.05) is 28.9 Å². The molecule has 1 atom stereocenters. The molecule has 2 aromatic rings. The maximum absolute atomic E-state index is 12.3. The van der Waals surface area contributed by atoms with Crippen molar-refractivity contribution in [2.45, 2.75) is 5.25 Å². The van der Waals surface area contributed by atoms with Crippen LogP contribution in [0.4, 0.5) is 0 Å². The minimum atomic E-state index is -0.625. The quantitative estimate of drug-likeness (QED) is 0.717. The fraction of sp³-hybridized carbons (Fsp3) is 0.353. The molecule has 0 unspecified atom stereocenters. The van der Waals surface area contributed by atoms with E-state index in [9.17, 15) is 14.4 Å². The zero-order chi connectivity index (χ0) is 18.7. The summed E-state index contributed by atoms with van der Waals surface area (Å²) in [6.07, 6.45) is 0. The van der Waals surface area contributed by atoms with Gasteiger partial charge in [-0.3, -0.25) is 9.59 Å². The maximum Gasteiger partial charge on any atom is 0.350 e. The molecule has 6 nitrogen and oxygen atoms in total. The van der Waals surface area contributed by atoms with Crippen LogP contribution in [0.3, 0.4) is 0 Å². The lowest BCUT2D eigenvalue weighted by Gasteiger charge is -2.30. The van der Waals surface area contributed by atoms with E-state index in [2.05, 4.69) is 0 Å². The second-order valence-electron chi connectivity index (χ2n) is 5.54. The van der Waals surface area contributed by atoms with Gasteiger partial charge in [0.15, 0.2) is 6.61 Å². The summed E-state index contributed by atoms with van der Waals surface area (Å²) in [5.41, 5.74) is 0. The fourth-order valence-corrected chi connectivity index (χ4v) is 5.11. The predicted molar refractivity (Wildman–Crippen MR) is 102 cm³/mol. The van der Waals surface area contributed by atoms with E-state index in [1.807, 2.05) is 24.3 Å². The van der Waals surface area contributed by atoms with Gasteiger partial charge in [0.25, 0.3) is 5.91 Å². The second kappa shape index (κ2) is 8.28. The van der Waals surface area contributed by atoms with Crippen LogP contribution in [0.5, 0.6) is 0 Å². The summed E-state index contributed by atoms with van der Waals surface area (Å²) >= 11 is 8.93. The van der Waals surface area contributed by atoms with Gasteiger partial charge in [-0.2, -0.15) is 0 Å². The van der Waals surface area contributed by atoms with Crippen LogP contribution in [0.1, 0.15) is 9.67 Å². The normalized spacial score (nSPS) is 17.2. The zero-order valence-corrected chi connectivity index (χ0v) is 16.3. The molecule has 1 aliphatic rings. The number of thiophene rings is 1. The number of halogens is 1. The average molecular weight is 414 g/mol. The Morgan fingerprint density at radius 1 is 1.31 bits per heavy atom. The van der Waals surface area contributed by atoms with Crippen LogP contribution in [-0.4, -0.2) is 60.6 Å². The molecular weight excluding hydrogens is 398 g/mol. The predicted octanol–water partition coefficient (Wildman–Crippen LogP) is 2.83. The average Bonchev–Trinajstić information content (AvgIpc) is 3.02. The number of benzene rings is 1. The molecule has 26 heavy (non-hydrogen) atoms. The molecule has 0 saturated carbocycles. The van der Waals surface area contributed by atoms with Gasteiger partial charge in [0.2, 0.25) is 0 Å². The Bertz CT molecular complexity index is 853. The molecule has 0 N–H and O–H groups in total. The van der Waals surface area contributed by atoms with E-state index in [4.69, 9.17) is 21.1 Å². The SMILES string of the molecule is COC(=O)[C@@H]1CN(C(=O)COC(=O)c2sc3ccccc3c2Cl)CCS1. The van der Waals surface area contributed by atoms with E-state index in [-0.39, 0.29) is 29.9 Å². The maximum atomic E-state index is 12.3. The first-order valence-electron chi connectivity index (χ1n) is 7.82. The number of hydrogen-bond acceptors (Lipinski definition) is 7. The molecule has 0 spiro atoms. The van der Waals surface area contributed by atoms with Gasteiger partial charge < -0.3 is 14.4 Å². The highest BCUT2D eigenvalue weighted by molar-refractivity contribution is 8.00. The molecule has 0 radical (unpaired) electrons. The number of amides is 1. The van der Waals surface area contributed by atoms with Crippen molar-refractivity contribution >= 4 is 62.6 Å². The van der Waals surface area contributed by atoms with Crippen molar-refractivity contribution in [2.75, 3.05) is 32.6 Å². The third-order valence-corrected chi connectivity index (χ3v) is 6.75. The summed E-state index contributed by atoms with van der Waals surface area (Å²) in [7, 11) is 1.32. The van der Waals surface area contributed by atoms with Gasteiger partial charge in [-0.15, -0.1) is 23.1 Å². The molecule has 0 bridgehead atoms. The van der Waals surface area contributed by atoms with Crippen molar-refractivity contribution in [1.82, 2.24) is 4.90 Å². The molecule has 0 aliphatic carbocycles. The number of rotatable bonds is 4. The number of hydrogen-bond donors (Lipinski definition) is 0. The Hall–Kier alpha value is -1.77. The molecule has 138 valence electrons. The van der Waals surface area contributed by atoms with Crippen LogP contribution < -0.4 is 0 Å². The fourth-order valence-electron chi connectivity index (χ4n) is 2.58. The Morgan fingerprint density at radius 2 is 2.08 bits per heavy atom. The van der Waals surface area contributed by atoms with Gasteiger partial charge in [0.1, 0.15) is 10.1 Å². The lowest BCUT2D eigenvalue weighted by molar-refractivity contribution is -0.141. The van der Waals surface area contributed by atoms with Gasteiger partial charge in [-0.05, 0) is 6.07 Å². The molecule has 1 amide bonds. The summed E-state index contributed by atoms with van der Waals surface area (Å²) in [4.78, 5) is 38.0. The van der Waals surface area contributed by atoms with E-state index < -0.39 is 11.2 Å². The third-order valence-electron chi connectivity index (χ3n) is 3.93. The number of ether oxygens (including phenoxy) is 2. The first kappa shape index (κ1) is 19.0. The molecule has 3 rings (SSSR count). The minimum absolute atomic E-state index is 0.247. The molecular formula is C17H16ClNO5S2. The van der Waals surface area contributed by atoms with Gasteiger partial charge in [-0.1, -0.05) is 29.8 Å². The van der Waals surface area contributed by atoms with Crippen molar-refractivity contribution < 1.29 is 23.9 Å². The molecule has 1 saturated heterocycles. The van der Waals surface area contributed by atoms with Crippen LogP contribution in [0, 0.1) is 0 Å². The van der Waals surface area contributed by atoms with Crippen molar-refractivity contribution in [3.8, 4) is 0 Å². The van der Waals surface area contributed by atoms with Crippen LogP contribution in [0.2, 0.25) is 5.02 Å². The lowest BCUT2D eigenvalue weighted by atomic mass is 10.2. The number of fused-ring (bicyclic) bond motifs is 1. The van der Waals surface area contributed by atoms with Crippen molar-refractivity contribution in [2.24, 2.45) is 0 Å². The molecule has 1 aromatic carbocycles. The van der Waals surface area contributed by atoms with Gasteiger partial charge >= 0.3 is 11.9 Å². The Kier molecular flexibility index (Phi) is 6.05. The number of esters is 2. The van der Waals surface area contributed by atoms with Crippen molar-refractivity contribution in [1.29, 1.82) is 0 Å². The van der Waals surface area contributed by atoms with Crippen molar-refractivity contribution in [3.63, 3.8) is 0 Å². The molecule has 9 heteroatoms. The summed E-state index contributed by atoms with van der Waals surface area (Å²) in [6, 6.07) is 7.40. The molecule has 2 heterocycles. The van der Waals surface area contributed by atoms with E-state index in [1.165, 1.54) is 35.1 Å². The highest BCUT2D eigenvalue weighted by atomic mass is 35.5. The Labute approximate surface area is 163 Å². The van der Waals surface area contributed by atoms with Crippen LogP contribution >= 0.6 is 34.7 Å². The number of carbonyl (C=O) groups excluding carboxylic acids is 3. The summed E-state index contributed by atoms with van der Waals surface area (Å²) in [6.45, 7) is 0.359. The van der Waals surface area contributed by atoms with E-state index in [0.717, 1.165) is 10.1 Å². The first-order chi connectivity index (χ1) is 12.5. The summed E-state index contributed by atoms with van der Waals surface area (Å²) in [5.74, 6) is -0.700. The van der Waals surface area contributed by atoms with Crippen LogP contribution in [-0.2, 0) is 19.1 Å². The van der Waals surface area contributed by atoms with E-state index in [0.29, 0.717) is 17.3 Å². The smallest absolute Gasteiger partial charge is 0.350 e. The first-order valence-corrected chi connectivity index (χ1v) is 10.1. The number of methoxy groups -OCH3 is 1. The minimum Gasteiger partial charge on any atom is -0.468 e. The molecule has 1 aromatic heterocycles. The lowest BCUT2D eigenvalue weighted by Crippen LogP contribution is -2.46. The largest absolute Gasteiger partial charge is 0.468 e. The number of thioether (sulfide) groups is 1. The zero-order valence-electron chi connectivity index (χ0n) is 13.9. The highest BCUT2D eigenvalue weighted by Crippen LogP contribution is 2.35.